The molecule has 10 nitrogen and oxygen atoms in total. The lowest BCUT2D eigenvalue weighted by molar-refractivity contribution is 0.572. The molecule has 6 rings (SSSR count). The molecule has 0 unspecified atom stereocenters. The van der Waals surface area contributed by atoms with E-state index >= 15 is 0 Å². The number of pyridine rings is 2. The van der Waals surface area contributed by atoms with Gasteiger partial charge in [-0.05, 0) is 71.7 Å². The molecule has 5 aromatic rings. The van der Waals surface area contributed by atoms with Crippen molar-refractivity contribution in [1.82, 2.24) is 39.7 Å². The molecule has 11 heteroatoms. The van der Waals surface area contributed by atoms with E-state index in [1.165, 1.54) is 6.33 Å². The Bertz CT molecular complexity index is 1620. The van der Waals surface area contributed by atoms with Gasteiger partial charge in [-0.15, -0.1) is 5.10 Å². The zero-order valence-corrected chi connectivity index (χ0v) is 19.4. The number of nitrogens with zero attached hydrogens (tertiary/aromatic N) is 7. The Hall–Kier alpha value is -4.31. The van der Waals surface area contributed by atoms with Crippen LogP contribution in [0.1, 0.15) is 29.5 Å². The van der Waals surface area contributed by atoms with Gasteiger partial charge in [-0.2, -0.15) is 4.68 Å². The maximum absolute atomic E-state index is 13.4. The molecule has 174 valence electrons. The molecule has 35 heavy (non-hydrogen) atoms. The van der Waals surface area contributed by atoms with E-state index in [-0.39, 0.29) is 11.6 Å². The Morgan fingerprint density at radius 1 is 1.11 bits per heavy atom. The number of fused-ring (bicyclic) bond motifs is 1. The van der Waals surface area contributed by atoms with E-state index < -0.39 is 0 Å². The monoisotopic (exact) mass is 485 g/mol. The van der Waals surface area contributed by atoms with E-state index in [4.69, 9.17) is 17.3 Å². The smallest absolute Gasteiger partial charge is 0.252 e. The van der Waals surface area contributed by atoms with Gasteiger partial charge in [-0.1, -0.05) is 11.6 Å². The fourth-order valence-electron chi connectivity index (χ4n) is 4.72. The number of nitrogens with two attached hydrogens (primary N) is 1. The molecule has 0 fully saturated rings. The van der Waals surface area contributed by atoms with Crippen molar-refractivity contribution in [3.8, 4) is 28.1 Å². The van der Waals surface area contributed by atoms with Crippen LogP contribution in [0.15, 0.2) is 59.9 Å². The summed E-state index contributed by atoms with van der Waals surface area (Å²) in [7, 11) is 0. The highest BCUT2D eigenvalue weighted by Gasteiger charge is 2.28. The van der Waals surface area contributed by atoms with Crippen LogP contribution in [0.3, 0.4) is 0 Å². The largest absolute Gasteiger partial charge is 0.384 e. The third-order valence-corrected chi connectivity index (χ3v) is 6.57. The minimum absolute atomic E-state index is 0.106. The third-order valence-electron chi connectivity index (χ3n) is 6.33. The number of aromatic amines is 1. The van der Waals surface area contributed by atoms with Crippen molar-refractivity contribution in [3.63, 3.8) is 0 Å². The van der Waals surface area contributed by atoms with Crippen LogP contribution in [-0.4, -0.2) is 39.7 Å². The second kappa shape index (κ2) is 8.17. The van der Waals surface area contributed by atoms with Crippen LogP contribution < -0.4 is 11.3 Å². The average molecular weight is 486 g/mol. The maximum Gasteiger partial charge on any atom is 0.252 e. The summed E-state index contributed by atoms with van der Waals surface area (Å²) < 4.78 is 3.36. The van der Waals surface area contributed by atoms with E-state index in [1.54, 1.807) is 33.8 Å². The van der Waals surface area contributed by atoms with Crippen LogP contribution in [0.2, 0.25) is 5.02 Å². The second-order valence-electron chi connectivity index (χ2n) is 8.52. The molecule has 1 aliphatic rings. The summed E-state index contributed by atoms with van der Waals surface area (Å²) in [5.41, 5.74) is 11.7. The lowest BCUT2D eigenvalue weighted by atomic mass is 10.0. The molecule has 4 aromatic heterocycles. The first-order valence-electron chi connectivity index (χ1n) is 11.0. The number of hydrogen-bond donors (Lipinski definition) is 2. The molecule has 3 N–H and O–H groups in total. The highest BCUT2D eigenvalue weighted by atomic mass is 35.5. The van der Waals surface area contributed by atoms with Gasteiger partial charge in [-0.25, -0.2) is 9.97 Å². The number of rotatable bonds is 4. The summed E-state index contributed by atoms with van der Waals surface area (Å²) >= 11 is 6.29. The van der Waals surface area contributed by atoms with Gasteiger partial charge in [0.05, 0.1) is 23.6 Å². The number of imidazole rings is 1. The Kier molecular flexibility index (Phi) is 4.96. The first kappa shape index (κ1) is 21.2. The van der Waals surface area contributed by atoms with E-state index in [2.05, 4.69) is 30.5 Å². The van der Waals surface area contributed by atoms with Crippen molar-refractivity contribution < 1.29 is 0 Å². The number of hydrogen-bond acceptors (Lipinski definition) is 7. The molecule has 0 bridgehead atoms. The topological polar surface area (TPSA) is 133 Å². The molecule has 0 saturated carbocycles. The fraction of sp³-hybridized carbons (Fsp3) is 0.167. The predicted octanol–water partition coefficient (Wildman–Crippen LogP) is 3.36. The molecule has 1 aromatic carbocycles. The normalized spacial score (nSPS) is 14.9. The average Bonchev–Trinajstić information content (AvgIpc) is 3.59. The van der Waals surface area contributed by atoms with Gasteiger partial charge < -0.3 is 15.3 Å². The molecule has 0 saturated heterocycles. The van der Waals surface area contributed by atoms with Crippen molar-refractivity contribution in [1.29, 1.82) is 0 Å². The van der Waals surface area contributed by atoms with Crippen molar-refractivity contribution in [2.75, 3.05) is 5.73 Å². The molecule has 0 aliphatic carbocycles. The maximum atomic E-state index is 13.4. The zero-order chi connectivity index (χ0) is 24.1. The third kappa shape index (κ3) is 3.68. The SMILES string of the molecule is Cc1cc(N)ncc1-c1cnc([C@@H]2CCc3cc(-c4cc(Cl)ccc4-n4cnnn4)cc(=O)n32)[nH]1. The van der Waals surface area contributed by atoms with Crippen LogP contribution in [0.5, 0.6) is 0 Å². The first-order chi connectivity index (χ1) is 17.0. The van der Waals surface area contributed by atoms with Gasteiger partial charge in [-0.3, -0.25) is 4.79 Å². The van der Waals surface area contributed by atoms with Crippen LogP contribution in [0.25, 0.3) is 28.1 Å². The minimum Gasteiger partial charge on any atom is -0.384 e. The van der Waals surface area contributed by atoms with E-state index in [0.717, 1.165) is 58.0 Å². The van der Waals surface area contributed by atoms with Crippen LogP contribution >= 0.6 is 11.6 Å². The molecular weight excluding hydrogens is 466 g/mol. The summed E-state index contributed by atoms with van der Waals surface area (Å²) in [6.45, 7) is 1.98. The summed E-state index contributed by atoms with van der Waals surface area (Å²) in [6.07, 6.45) is 6.52. The molecule has 1 atom stereocenters. The Balaban J connectivity index is 1.39. The van der Waals surface area contributed by atoms with Gasteiger partial charge in [0.1, 0.15) is 18.0 Å². The number of aryl methyl sites for hydroxylation is 2. The van der Waals surface area contributed by atoms with Gasteiger partial charge in [0.15, 0.2) is 0 Å². The molecule has 0 spiro atoms. The Morgan fingerprint density at radius 2 is 2.00 bits per heavy atom. The van der Waals surface area contributed by atoms with Gasteiger partial charge in [0, 0.05) is 34.1 Å². The van der Waals surface area contributed by atoms with Gasteiger partial charge in [0.25, 0.3) is 5.56 Å². The Morgan fingerprint density at radius 3 is 2.80 bits per heavy atom. The minimum atomic E-state index is -0.180. The predicted molar refractivity (Wildman–Crippen MR) is 131 cm³/mol. The number of nitrogen functional groups attached to an aromatic ring is 1. The number of H-pyrrole nitrogens is 1. The standard InChI is InChI=1S/C24H20ClN9O/c1-13-6-22(26)27-10-18(13)19-11-28-24(30-19)21-5-3-16-7-14(8-23(35)34(16)21)17-9-15(25)2-4-20(17)33-12-29-31-32-33/h2,4,6-12,21H,3,5H2,1H3,(H2,26,27)(H,28,30)/t21-/m0/s1. The highest BCUT2D eigenvalue weighted by Crippen LogP contribution is 2.34. The van der Waals surface area contributed by atoms with Crippen LogP contribution in [0, 0.1) is 6.92 Å². The first-order valence-corrected chi connectivity index (χ1v) is 11.4. The van der Waals surface area contributed by atoms with Crippen LogP contribution in [0.4, 0.5) is 5.82 Å². The van der Waals surface area contributed by atoms with Gasteiger partial charge in [0.2, 0.25) is 0 Å². The number of aromatic nitrogens is 8. The van der Waals surface area contributed by atoms with Crippen molar-refractivity contribution in [2.24, 2.45) is 0 Å². The summed E-state index contributed by atoms with van der Waals surface area (Å²) in [6, 6.07) is 10.7. The summed E-state index contributed by atoms with van der Waals surface area (Å²) in [5, 5.41) is 12.0. The van der Waals surface area contributed by atoms with Crippen molar-refractivity contribution >= 4 is 17.4 Å². The number of halogens is 1. The number of tetrazole rings is 1. The van der Waals surface area contributed by atoms with Crippen molar-refractivity contribution in [3.05, 3.63) is 87.6 Å². The van der Waals surface area contributed by atoms with Crippen LogP contribution in [-0.2, 0) is 6.42 Å². The lowest BCUT2D eigenvalue weighted by Crippen LogP contribution is -2.23. The second-order valence-corrected chi connectivity index (χ2v) is 8.96. The van der Waals surface area contributed by atoms with Crippen molar-refractivity contribution in [2.45, 2.75) is 25.8 Å². The molecular formula is C24H20ClN9O. The quantitative estimate of drug-likeness (QED) is 0.398. The highest BCUT2D eigenvalue weighted by molar-refractivity contribution is 6.31. The molecule has 5 heterocycles. The van der Waals surface area contributed by atoms with Gasteiger partial charge >= 0.3 is 0 Å². The number of nitrogens with one attached hydrogen (secondary N) is 1. The van der Waals surface area contributed by atoms with E-state index in [9.17, 15) is 4.79 Å². The summed E-state index contributed by atoms with van der Waals surface area (Å²) in [5.74, 6) is 1.21. The molecule has 0 radical (unpaired) electrons. The number of anilines is 1. The zero-order valence-electron chi connectivity index (χ0n) is 18.7. The summed E-state index contributed by atoms with van der Waals surface area (Å²) in [4.78, 5) is 25.5. The van der Waals surface area contributed by atoms with E-state index in [1.807, 2.05) is 31.2 Å². The molecule has 0 amide bonds. The Labute approximate surface area is 204 Å². The molecule has 1 aliphatic heterocycles. The fourth-order valence-corrected chi connectivity index (χ4v) is 4.89. The number of benzene rings is 1. The van der Waals surface area contributed by atoms with E-state index in [0.29, 0.717) is 10.8 Å². The lowest BCUT2D eigenvalue weighted by Gasteiger charge is -2.15.